The van der Waals surface area contributed by atoms with Crippen LogP contribution in [-0.4, -0.2) is 35.4 Å². The fourth-order valence-electron chi connectivity index (χ4n) is 2.04. The summed E-state index contributed by atoms with van der Waals surface area (Å²) in [5.41, 5.74) is 1.90. The van der Waals surface area contributed by atoms with Gasteiger partial charge in [0, 0.05) is 18.8 Å². The second-order valence-corrected chi connectivity index (χ2v) is 6.25. The van der Waals surface area contributed by atoms with Crippen LogP contribution in [0.1, 0.15) is 26.5 Å². The van der Waals surface area contributed by atoms with E-state index in [2.05, 4.69) is 41.5 Å². The van der Waals surface area contributed by atoms with Crippen LogP contribution in [0.25, 0.3) is 5.69 Å². The smallest absolute Gasteiger partial charge is 0.191 e. The SMILES string of the molecule is CN=C(NCc1ccn(-c2ccc(OC)cc2)n1)NC(C)(C)C.I. The average Bonchev–Trinajstić information content (AvgIpc) is 2.99. The van der Waals surface area contributed by atoms with Crippen molar-refractivity contribution in [1.82, 2.24) is 20.4 Å². The number of methoxy groups -OCH3 is 1. The molecule has 0 amide bonds. The van der Waals surface area contributed by atoms with Crippen LogP contribution >= 0.6 is 24.0 Å². The van der Waals surface area contributed by atoms with Gasteiger partial charge in [-0.1, -0.05) is 0 Å². The van der Waals surface area contributed by atoms with E-state index in [1.54, 1.807) is 14.2 Å². The minimum absolute atomic E-state index is 0. The summed E-state index contributed by atoms with van der Waals surface area (Å²) in [4.78, 5) is 4.22. The fourth-order valence-corrected chi connectivity index (χ4v) is 2.04. The predicted octanol–water partition coefficient (Wildman–Crippen LogP) is 2.96. The summed E-state index contributed by atoms with van der Waals surface area (Å²) in [5.74, 6) is 1.59. The van der Waals surface area contributed by atoms with Crippen LogP contribution in [0.5, 0.6) is 5.75 Å². The van der Waals surface area contributed by atoms with Crippen molar-refractivity contribution in [3.05, 3.63) is 42.2 Å². The molecule has 2 N–H and O–H groups in total. The lowest BCUT2D eigenvalue weighted by Gasteiger charge is -2.23. The van der Waals surface area contributed by atoms with Gasteiger partial charge in [0.05, 0.1) is 25.0 Å². The highest BCUT2D eigenvalue weighted by atomic mass is 127. The highest BCUT2D eigenvalue weighted by molar-refractivity contribution is 14.0. The molecule has 132 valence electrons. The first-order valence-electron chi connectivity index (χ1n) is 7.59. The molecule has 2 aromatic rings. The monoisotopic (exact) mass is 443 g/mol. The summed E-state index contributed by atoms with van der Waals surface area (Å²) in [6.45, 7) is 6.90. The summed E-state index contributed by atoms with van der Waals surface area (Å²) in [6, 6.07) is 9.78. The number of guanidine groups is 1. The Balaban J connectivity index is 0.00000288. The molecule has 0 aliphatic heterocycles. The second kappa shape index (κ2) is 8.91. The zero-order valence-corrected chi connectivity index (χ0v) is 17.2. The van der Waals surface area contributed by atoms with Crippen LogP contribution in [0.4, 0.5) is 0 Å². The standard InChI is InChI=1S/C17H25N5O.HI/c1-17(2,3)20-16(18-4)19-12-13-10-11-22(21-13)14-6-8-15(23-5)9-7-14;/h6-11H,12H2,1-5H3,(H2,18,19,20);1H. The van der Waals surface area contributed by atoms with Crippen LogP contribution in [0, 0.1) is 0 Å². The second-order valence-electron chi connectivity index (χ2n) is 6.25. The normalized spacial score (nSPS) is 11.6. The first-order chi connectivity index (χ1) is 10.9. The van der Waals surface area contributed by atoms with Crippen molar-refractivity contribution in [2.24, 2.45) is 4.99 Å². The van der Waals surface area contributed by atoms with Gasteiger partial charge in [0.25, 0.3) is 0 Å². The Morgan fingerprint density at radius 1 is 1.21 bits per heavy atom. The Bertz CT molecular complexity index is 658. The molecule has 0 spiro atoms. The van der Waals surface area contributed by atoms with E-state index in [1.807, 2.05) is 41.2 Å². The van der Waals surface area contributed by atoms with E-state index in [9.17, 15) is 0 Å². The predicted molar refractivity (Wildman–Crippen MR) is 109 cm³/mol. The molecule has 0 unspecified atom stereocenters. The number of benzene rings is 1. The number of ether oxygens (including phenoxy) is 1. The number of aromatic nitrogens is 2. The van der Waals surface area contributed by atoms with Crippen molar-refractivity contribution in [2.45, 2.75) is 32.9 Å². The summed E-state index contributed by atoms with van der Waals surface area (Å²) >= 11 is 0. The van der Waals surface area contributed by atoms with E-state index in [0.717, 1.165) is 23.1 Å². The van der Waals surface area contributed by atoms with Crippen LogP contribution in [-0.2, 0) is 6.54 Å². The van der Waals surface area contributed by atoms with Crippen LogP contribution in [0.2, 0.25) is 0 Å². The van der Waals surface area contributed by atoms with Gasteiger partial charge in [0.1, 0.15) is 5.75 Å². The zero-order chi connectivity index (χ0) is 16.9. The third-order valence-electron chi connectivity index (χ3n) is 3.14. The molecule has 0 bridgehead atoms. The molecule has 6 nitrogen and oxygen atoms in total. The van der Waals surface area contributed by atoms with Crippen LogP contribution in [0.15, 0.2) is 41.5 Å². The molecule has 0 saturated carbocycles. The average molecular weight is 443 g/mol. The summed E-state index contributed by atoms with van der Waals surface area (Å²) in [7, 11) is 3.42. The zero-order valence-electron chi connectivity index (χ0n) is 14.8. The lowest BCUT2D eigenvalue weighted by molar-refractivity contribution is 0.414. The minimum atomic E-state index is -0.0374. The minimum Gasteiger partial charge on any atom is -0.497 e. The summed E-state index contributed by atoms with van der Waals surface area (Å²) in [6.07, 6.45) is 1.94. The lowest BCUT2D eigenvalue weighted by atomic mass is 10.1. The Morgan fingerprint density at radius 2 is 1.88 bits per heavy atom. The number of nitrogens with zero attached hydrogens (tertiary/aromatic N) is 3. The van der Waals surface area contributed by atoms with Crippen molar-refractivity contribution in [2.75, 3.05) is 14.2 Å². The van der Waals surface area contributed by atoms with Crippen LogP contribution in [0.3, 0.4) is 0 Å². The number of nitrogens with one attached hydrogen (secondary N) is 2. The lowest BCUT2D eigenvalue weighted by Crippen LogP contribution is -2.47. The van der Waals surface area contributed by atoms with Gasteiger partial charge in [0.15, 0.2) is 5.96 Å². The molecule has 0 fully saturated rings. The van der Waals surface area contributed by atoms with Gasteiger partial charge in [0.2, 0.25) is 0 Å². The first kappa shape index (κ1) is 20.3. The number of hydrogen-bond acceptors (Lipinski definition) is 3. The molecular weight excluding hydrogens is 417 g/mol. The fraction of sp³-hybridized carbons (Fsp3) is 0.412. The molecule has 0 radical (unpaired) electrons. The van der Waals surface area contributed by atoms with E-state index in [-0.39, 0.29) is 29.5 Å². The van der Waals surface area contributed by atoms with Crippen molar-refractivity contribution in [3.63, 3.8) is 0 Å². The van der Waals surface area contributed by atoms with Crippen molar-refractivity contribution in [1.29, 1.82) is 0 Å². The van der Waals surface area contributed by atoms with Gasteiger partial charge in [-0.2, -0.15) is 5.10 Å². The Hall–Kier alpha value is -1.77. The van der Waals surface area contributed by atoms with Crippen molar-refractivity contribution < 1.29 is 4.74 Å². The van der Waals surface area contributed by atoms with Gasteiger partial charge >= 0.3 is 0 Å². The maximum atomic E-state index is 5.17. The van der Waals surface area contributed by atoms with Crippen molar-refractivity contribution >= 4 is 29.9 Å². The molecule has 1 aromatic heterocycles. The third kappa shape index (κ3) is 6.03. The van der Waals surface area contributed by atoms with E-state index in [1.165, 1.54) is 0 Å². The highest BCUT2D eigenvalue weighted by Gasteiger charge is 2.12. The number of aliphatic imine (C=N–C) groups is 1. The maximum Gasteiger partial charge on any atom is 0.191 e. The summed E-state index contributed by atoms with van der Waals surface area (Å²) < 4.78 is 7.01. The quantitative estimate of drug-likeness (QED) is 0.434. The van der Waals surface area contributed by atoms with Gasteiger partial charge in [-0.25, -0.2) is 4.68 Å². The van der Waals surface area contributed by atoms with E-state index in [4.69, 9.17) is 4.74 Å². The van der Waals surface area contributed by atoms with E-state index in [0.29, 0.717) is 6.54 Å². The molecule has 24 heavy (non-hydrogen) atoms. The molecule has 0 saturated heterocycles. The molecule has 1 heterocycles. The molecule has 2 rings (SSSR count). The molecule has 0 aliphatic rings. The molecule has 7 heteroatoms. The first-order valence-corrected chi connectivity index (χ1v) is 7.59. The molecule has 0 aliphatic carbocycles. The number of halogens is 1. The van der Waals surface area contributed by atoms with E-state index < -0.39 is 0 Å². The largest absolute Gasteiger partial charge is 0.497 e. The highest BCUT2D eigenvalue weighted by Crippen LogP contribution is 2.14. The molecular formula is C17H26IN5O. The van der Waals surface area contributed by atoms with Gasteiger partial charge in [-0.3, -0.25) is 4.99 Å². The third-order valence-corrected chi connectivity index (χ3v) is 3.14. The number of hydrogen-bond donors (Lipinski definition) is 2. The topological polar surface area (TPSA) is 63.5 Å². The molecule has 1 aromatic carbocycles. The maximum absolute atomic E-state index is 5.17. The Kier molecular flexibility index (Phi) is 7.53. The Morgan fingerprint density at radius 3 is 2.42 bits per heavy atom. The molecule has 0 atom stereocenters. The van der Waals surface area contributed by atoms with Crippen molar-refractivity contribution in [3.8, 4) is 11.4 Å². The Labute approximate surface area is 160 Å². The van der Waals surface area contributed by atoms with E-state index >= 15 is 0 Å². The van der Waals surface area contributed by atoms with Gasteiger partial charge in [-0.15, -0.1) is 24.0 Å². The van der Waals surface area contributed by atoms with Gasteiger partial charge in [-0.05, 0) is 51.1 Å². The van der Waals surface area contributed by atoms with Gasteiger partial charge < -0.3 is 15.4 Å². The number of rotatable bonds is 4. The summed E-state index contributed by atoms with van der Waals surface area (Å²) in [5, 5.41) is 11.2. The van der Waals surface area contributed by atoms with Crippen LogP contribution < -0.4 is 15.4 Å².